The molecule has 0 bridgehead atoms. The molecule has 1 aromatic heterocycles. The van der Waals surface area contributed by atoms with Crippen molar-refractivity contribution in [2.75, 3.05) is 7.11 Å². The number of halogens is 4. The van der Waals surface area contributed by atoms with E-state index in [1.54, 1.807) is 12.1 Å². The summed E-state index contributed by atoms with van der Waals surface area (Å²) < 4.78 is 57.6. The van der Waals surface area contributed by atoms with Gasteiger partial charge in [-0.25, -0.2) is 8.78 Å². The largest absolute Gasteiger partial charge is 0.496 e. The van der Waals surface area contributed by atoms with Crippen LogP contribution in [0.2, 0.25) is 0 Å². The third-order valence-electron chi connectivity index (χ3n) is 3.02. The molecule has 108 valence electrons. The van der Waals surface area contributed by atoms with Crippen molar-refractivity contribution >= 4 is 16.7 Å². The van der Waals surface area contributed by atoms with Gasteiger partial charge in [-0.05, 0) is 12.1 Å². The second-order valence-corrected chi connectivity index (χ2v) is 4.26. The summed E-state index contributed by atoms with van der Waals surface area (Å²) in [6.45, 7) is 0. The maximum Gasteiger partial charge on any atom is 0.368 e. The summed E-state index contributed by atoms with van der Waals surface area (Å²) in [4.78, 5) is 11.7. The van der Waals surface area contributed by atoms with Crippen LogP contribution in [0.25, 0.3) is 10.9 Å². The predicted octanol–water partition coefficient (Wildman–Crippen LogP) is 3.27. The molecule has 0 unspecified atom stereocenters. The lowest BCUT2D eigenvalue weighted by atomic mass is 10.0. The molecule has 0 saturated heterocycles. The number of hydrogen-bond acceptors (Lipinski definition) is 2. The topological polar surface area (TPSA) is 31.2 Å². The molecule has 0 atom stereocenters. The first-order valence-corrected chi connectivity index (χ1v) is 5.63. The molecule has 0 spiro atoms. The zero-order valence-corrected chi connectivity index (χ0v) is 10.7. The molecule has 0 amide bonds. The average Bonchev–Trinajstić information content (AvgIpc) is 2.75. The Balaban J connectivity index is 2.70. The van der Waals surface area contributed by atoms with Gasteiger partial charge in [0.15, 0.2) is 0 Å². The highest BCUT2D eigenvalue weighted by Gasteiger charge is 2.50. The number of methoxy groups -OCH3 is 1. The lowest BCUT2D eigenvalue weighted by molar-refractivity contribution is -0.0957. The van der Waals surface area contributed by atoms with Gasteiger partial charge in [0.2, 0.25) is 5.78 Å². The first-order valence-electron chi connectivity index (χ1n) is 5.63. The average molecular weight is 289 g/mol. The Bertz CT molecular complexity index is 664. The molecule has 0 N–H and O–H groups in total. The van der Waals surface area contributed by atoms with Crippen LogP contribution in [0.15, 0.2) is 24.4 Å². The van der Waals surface area contributed by atoms with E-state index in [9.17, 15) is 22.4 Å². The second-order valence-electron chi connectivity index (χ2n) is 4.26. The highest BCUT2D eigenvalue weighted by atomic mass is 19.3. The van der Waals surface area contributed by atoms with E-state index in [-0.39, 0.29) is 11.1 Å². The number of carbonyl (C=O) groups excluding carboxylic acids is 1. The maximum absolute atomic E-state index is 13.2. The normalized spacial score (nSPS) is 12.2. The van der Waals surface area contributed by atoms with Gasteiger partial charge in [-0.15, -0.1) is 0 Å². The number of ether oxygens (including phenoxy) is 1. The summed E-state index contributed by atoms with van der Waals surface area (Å²) in [7, 11) is 2.83. The van der Waals surface area contributed by atoms with Gasteiger partial charge in [0.1, 0.15) is 5.75 Å². The van der Waals surface area contributed by atoms with Crippen molar-refractivity contribution in [3.63, 3.8) is 0 Å². The summed E-state index contributed by atoms with van der Waals surface area (Å²) in [5.41, 5.74) is -0.0389. The number of aromatic nitrogens is 1. The highest BCUT2D eigenvalue weighted by Crippen LogP contribution is 2.35. The number of hydrogen-bond donors (Lipinski definition) is 0. The zero-order chi connectivity index (χ0) is 15.1. The maximum atomic E-state index is 13.2. The van der Waals surface area contributed by atoms with Crippen LogP contribution in [-0.4, -0.2) is 29.8 Å². The minimum atomic E-state index is -4.73. The van der Waals surface area contributed by atoms with Crippen LogP contribution >= 0.6 is 0 Å². The molecule has 1 aromatic carbocycles. The number of benzene rings is 1. The van der Waals surface area contributed by atoms with Crippen molar-refractivity contribution in [1.82, 2.24) is 4.57 Å². The van der Waals surface area contributed by atoms with E-state index in [0.717, 1.165) is 6.20 Å². The highest BCUT2D eigenvalue weighted by molar-refractivity contribution is 6.13. The SMILES string of the molecule is COc1cccc2c1c(C(=O)C(F)(F)C(F)F)cn2C. The number of ketones is 1. The van der Waals surface area contributed by atoms with Crippen LogP contribution in [0.1, 0.15) is 10.4 Å². The number of alkyl halides is 4. The van der Waals surface area contributed by atoms with Crippen molar-refractivity contribution in [1.29, 1.82) is 0 Å². The summed E-state index contributed by atoms with van der Waals surface area (Å²) in [5.74, 6) is -6.46. The molecular formula is C13H11F4NO2. The van der Waals surface area contributed by atoms with Crippen molar-refractivity contribution in [2.24, 2.45) is 7.05 Å². The van der Waals surface area contributed by atoms with Crippen LogP contribution in [-0.2, 0) is 7.05 Å². The van der Waals surface area contributed by atoms with E-state index in [4.69, 9.17) is 4.74 Å². The third kappa shape index (κ3) is 2.03. The first-order chi connectivity index (χ1) is 9.30. The molecule has 0 aliphatic heterocycles. The summed E-state index contributed by atoms with van der Waals surface area (Å²) in [6, 6.07) is 4.66. The smallest absolute Gasteiger partial charge is 0.368 e. The number of nitrogens with zero attached hydrogens (tertiary/aromatic N) is 1. The fourth-order valence-electron chi connectivity index (χ4n) is 2.03. The Kier molecular flexibility index (Phi) is 3.45. The Morgan fingerprint density at radius 2 is 2.00 bits per heavy atom. The second kappa shape index (κ2) is 4.81. The lowest BCUT2D eigenvalue weighted by Gasteiger charge is -2.13. The van der Waals surface area contributed by atoms with Gasteiger partial charge in [0, 0.05) is 13.2 Å². The Morgan fingerprint density at radius 3 is 2.55 bits per heavy atom. The van der Waals surface area contributed by atoms with Gasteiger partial charge in [-0.2, -0.15) is 8.78 Å². The number of fused-ring (bicyclic) bond motifs is 1. The van der Waals surface area contributed by atoms with E-state index >= 15 is 0 Å². The molecule has 7 heteroatoms. The third-order valence-corrected chi connectivity index (χ3v) is 3.02. The van der Waals surface area contributed by atoms with Gasteiger partial charge in [0.05, 0.1) is 23.6 Å². The van der Waals surface area contributed by atoms with Gasteiger partial charge < -0.3 is 9.30 Å². The predicted molar refractivity (Wildman–Crippen MR) is 64.8 cm³/mol. The Morgan fingerprint density at radius 1 is 1.35 bits per heavy atom. The molecule has 0 radical (unpaired) electrons. The molecule has 2 rings (SSSR count). The van der Waals surface area contributed by atoms with Gasteiger partial charge >= 0.3 is 12.3 Å². The summed E-state index contributed by atoms with van der Waals surface area (Å²) in [5, 5.41) is 0.0998. The molecule has 0 aliphatic carbocycles. The lowest BCUT2D eigenvalue weighted by Crippen LogP contribution is -2.36. The van der Waals surface area contributed by atoms with Crippen molar-refractivity contribution in [2.45, 2.75) is 12.3 Å². The fourth-order valence-corrected chi connectivity index (χ4v) is 2.03. The monoisotopic (exact) mass is 289 g/mol. The van der Waals surface area contributed by atoms with Gasteiger partial charge in [-0.1, -0.05) is 6.07 Å². The number of carbonyl (C=O) groups is 1. The minimum Gasteiger partial charge on any atom is -0.496 e. The van der Waals surface area contributed by atoms with E-state index < -0.39 is 23.7 Å². The number of aryl methyl sites for hydroxylation is 1. The van der Waals surface area contributed by atoms with E-state index in [1.165, 1.54) is 24.8 Å². The van der Waals surface area contributed by atoms with E-state index in [1.807, 2.05) is 0 Å². The molecule has 1 heterocycles. The molecule has 2 aromatic rings. The van der Waals surface area contributed by atoms with Crippen molar-refractivity contribution in [3.8, 4) is 5.75 Å². The van der Waals surface area contributed by atoms with Gasteiger partial charge in [-0.3, -0.25) is 4.79 Å². The van der Waals surface area contributed by atoms with Crippen LogP contribution in [0.3, 0.4) is 0 Å². The van der Waals surface area contributed by atoms with Crippen LogP contribution in [0.5, 0.6) is 5.75 Å². The van der Waals surface area contributed by atoms with Crippen LogP contribution in [0, 0.1) is 0 Å². The van der Waals surface area contributed by atoms with E-state index in [2.05, 4.69) is 0 Å². The molecule has 3 nitrogen and oxygen atoms in total. The van der Waals surface area contributed by atoms with Crippen LogP contribution in [0.4, 0.5) is 17.6 Å². The minimum absolute atomic E-state index is 0.0998. The quantitative estimate of drug-likeness (QED) is 0.639. The summed E-state index contributed by atoms with van der Waals surface area (Å²) >= 11 is 0. The van der Waals surface area contributed by atoms with Crippen LogP contribution < -0.4 is 4.74 Å². The first kappa shape index (κ1) is 14.4. The Labute approximate surface area is 111 Å². The fraction of sp³-hybridized carbons (Fsp3) is 0.308. The zero-order valence-electron chi connectivity index (χ0n) is 10.7. The van der Waals surface area contributed by atoms with Gasteiger partial charge in [0.25, 0.3) is 0 Å². The molecule has 0 aliphatic rings. The summed E-state index contributed by atoms with van der Waals surface area (Å²) in [6.07, 6.45) is -2.95. The number of rotatable bonds is 4. The van der Waals surface area contributed by atoms with E-state index in [0.29, 0.717) is 5.52 Å². The molecule has 20 heavy (non-hydrogen) atoms. The molecule has 0 saturated carbocycles. The van der Waals surface area contributed by atoms with Crippen molar-refractivity contribution in [3.05, 3.63) is 30.0 Å². The number of Topliss-reactive ketones (excluding diaryl/α,β-unsaturated/α-hetero) is 1. The standard InChI is InChI=1S/C13H11F4NO2/c1-18-6-7(11(19)13(16,17)12(14)15)10-8(18)4-3-5-9(10)20-2/h3-6,12H,1-2H3. The van der Waals surface area contributed by atoms with Crippen molar-refractivity contribution < 1.29 is 27.1 Å². The molecule has 0 fully saturated rings. The Hall–Kier alpha value is -2.05. The molecular weight excluding hydrogens is 278 g/mol.